The molecule has 2 aromatic carbocycles. The highest BCUT2D eigenvalue weighted by Crippen LogP contribution is 2.43. The van der Waals surface area contributed by atoms with Crippen molar-refractivity contribution in [1.82, 2.24) is 9.88 Å². The van der Waals surface area contributed by atoms with Crippen molar-refractivity contribution in [3.8, 4) is 17.2 Å². The maximum atomic E-state index is 13.5. The summed E-state index contributed by atoms with van der Waals surface area (Å²) >= 11 is 0. The van der Waals surface area contributed by atoms with Crippen LogP contribution in [0.15, 0.2) is 59.0 Å². The average molecular weight is 390 g/mol. The third-order valence-corrected chi connectivity index (χ3v) is 5.47. The molecule has 1 aliphatic rings. The standard InChI is InChI=1S/C24H26N2O3/c1-4-26(16(2)19-11-8-12-20(15-19)28-3)24(27)21-22(17-13-14-17)29-23(25-21)18-9-6-5-7-10-18/h5-12,15-17H,4,13-14H2,1-3H3. The Morgan fingerprint density at radius 2 is 1.97 bits per heavy atom. The van der Waals surface area contributed by atoms with Gasteiger partial charge in [-0.15, -0.1) is 0 Å². The van der Waals surface area contributed by atoms with E-state index in [2.05, 4.69) is 4.98 Å². The molecule has 0 saturated heterocycles. The molecule has 1 heterocycles. The van der Waals surface area contributed by atoms with Gasteiger partial charge in [0.1, 0.15) is 11.5 Å². The number of carbonyl (C=O) groups excluding carboxylic acids is 1. The molecule has 1 atom stereocenters. The lowest BCUT2D eigenvalue weighted by molar-refractivity contribution is 0.0694. The van der Waals surface area contributed by atoms with Crippen molar-refractivity contribution in [3.05, 3.63) is 71.6 Å². The molecular weight excluding hydrogens is 364 g/mol. The number of rotatable bonds is 7. The van der Waals surface area contributed by atoms with Gasteiger partial charge in [-0.25, -0.2) is 4.98 Å². The number of methoxy groups -OCH3 is 1. The zero-order valence-electron chi connectivity index (χ0n) is 17.1. The molecule has 0 aliphatic heterocycles. The SMILES string of the molecule is CCN(C(=O)c1nc(-c2ccccc2)oc1C1CC1)C(C)c1cccc(OC)c1. The number of hydrogen-bond acceptors (Lipinski definition) is 4. The van der Waals surface area contributed by atoms with E-state index >= 15 is 0 Å². The second-order valence-corrected chi connectivity index (χ2v) is 7.42. The third kappa shape index (κ3) is 3.90. The summed E-state index contributed by atoms with van der Waals surface area (Å²) in [5, 5.41) is 0. The van der Waals surface area contributed by atoms with Gasteiger partial charge in [0.05, 0.1) is 13.2 Å². The van der Waals surface area contributed by atoms with E-state index in [4.69, 9.17) is 9.15 Å². The molecule has 0 bridgehead atoms. The van der Waals surface area contributed by atoms with E-state index in [0.29, 0.717) is 24.0 Å². The highest BCUT2D eigenvalue weighted by molar-refractivity contribution is 5.94. The fourth-order valence-electron chi connectivity index (χ4n) is 3.62. The Balaban J connectivity index is 1.67. The molecule has 3 aromatic rings. The van der Waals surface area contributed by atoms with Crippen LogP contribution in [0.4, 0.5) is 0 Å². The summed E-state index contributed by atoms with van der Waals surface area (Å²) in [5.41, 5.74) is 2.36. The van der Waals surface area contributed by atoms with Crippen LogP contribution in [0.3, 0.4) is 0 Å². The highest BCUT2D eigenvalue weighted by Gasteiger charge is 2.36. The molecule has 1 amide bonds. The van der Waals surface area contributed by atoms with E-state index in [1.165, 1.54) is 0 Å². The van der Waals surface area contributed by atoms with Crippen molar-refractivity contribution < 1.29 is 13.9 Å². The smallest absolute Gasteiger partial charge is 0.276 e. The molecule has 0 radical (unpaired) electrons. The van der Waals surface area contributed by atoms with Crippen molar-refractivity contribution in [1.29, 1.82) is 0 Å². The fraction of sp³-hybridized carbons (Fsp3) is 0.333. The number of benzene rings is 2. The average Bonchev–Trinajstić information content (AvgIpc) is 3.52. The number of oxazole rings is 1. The van der Waals surface area contributed by atoms with E-state index in [-0.39, 0.29) is 11.9 Å². The Bertz CT molecular complexity index is 992. The Kier molecular flexibility index (Phi) is 5.38. The number of nitrogens with zero attached hydrogens (tertiary/aromatic N) is 2. The van der Waals surface area contributed by atoms with E-state index < -0.39 is 0 Å². The molecule has 4 rings (SSSR count). The summed E-state index contributed by atoms with van der Waals surface area (Å²) < 4.78 is 11.4. The maximum absolute atomic E-state index is 13.5. The molecule has 1 unspecified atom stereocenters. The van der Waals surface area contributed by atoms with Crippen LogP contribution >= 0.6 is 0 Å². The Hall–Kier alpha value is -3.08. The number of aromatic nitrogens is 1. The van der Waals surface area contributed by atoms with Crippen LogP contribution in [-0.4, -0.2) is 29.4 Å². The Morgan fingerprint density at radius 3 is 2.62 bits per heavy atom. The molecule has 5 nitrogen and oxygen atoms in total. The van der Waals surface area contributed by atoms with Gasteiger partial charge in [0.25, 0.3) is 5.91 Å². The van der Waals surface area contributed by atoms with E-state index in [1.807, 2.05) is 73.3 Å². The number of hydrogen-bond donors (Lipinski definition) is 0. The van der Waals surface area contributed by atoms with Crippen molar-refractivity contribution in [3.63, 3.8) is 0 Å². The Labute approximate surface area is 171 Å². The second-order valence-electron chi connectivity index (χ2n) is 7.42. The van der Waals surface area contributed by atoms with E-state index in [1.54, 1.807) is 7.11 Å². The van der Waals surface area contributed by atoms with Gasteiger partial charge in [0.2, 0.25) is 5.89 Å². The van der Waals surface area contributed by atoms with E-state index in [9.17, 15) is 4.79 Å². The summed E-state index contributed by atoms with van der Waals surface area (Å²) in [6.07, 6.45) is 2.09. The molecule has 0 N–H and O–H groups in total. The summed E-state index contributed by atoms with van der Waals surface area (Å²) in [4.78, 5) is 20.0. The number of carbonyl (C=O) groups is 1. The zero-order valence-corrected chi connectivity index (χ0v) is 17.1. The van der Waals surface area contributed by atoms with Crippen molar-refractivity contribution >= 4 is 5.91 Å². The minimum Gasteiger partial charge on any atom is -0.497 e. The number of ether oxygens (including phenoxy) is 1. The van der Waals surface area contributed by atoms with Crippen LogP contribution in [0.1, 0.15) is 60.5 Å². The minimum absolute atomic E-state index is 0.0874. The predicted molar refractivity (Wildman–Crippen MR) is 112 cm³/mol. The van der Waals surface area contributed by atoms with Crippen LogP contribution < -0.4 is 4.74 Å². The van der Waals surface area contributed by atoms with Gasteiger partial charge < -0.3 is 14.1 Å². The molecule has 1 aromatic heterocycles. The molecule has 5 heteroatoms. The number of amides is 1. The van der Waals surface area contributed by atoms with Crippen molar-refractivity contribution in [2.45, 2.75) is 38.6 Å². The normalized spacial score (nSPS) is 14.4. The monoisotopic (exact) mass is 390 g/mol. The minimum atomic E-state index is -0.105. The van der Waals surface area contributed by atoms with Gasteiger partial charge in [-0.1, -0.05) is 30.3 Å². The van der Waals surface area contributed by atoms with Crippen LogP contribution in [-0.2, 0) is 0 Å². The van der Waals surface area contributed by atoms with Gasteiger partial charge in [-0.3, -0.25) is 4.79 Å². The second kappa shape index (κ2) is 8.11. The lowest BCUT2D eigenvalue weighted by Crippen LogP contribution is -2.34. The molecule has 1 aliphatic carbocycles. The lowest BCUT2D eigenvalue weighted by Gasteiger charge is -2.28. The zero-order chi connectivity index (χ0) is 20.4. The van der Waals surface area contributed by atoms with Crippen LogP contribution in [0.2, 0.25) is 0 Å². The van der Waals surface area contributed by atoms with Crippen LogP contribution in [0, 0.1) is 0 Å². The third-order valence-electron chi connectivity index (χ3n) is 5.47. The van der Waals surface area contributed by atoms with Gasteiger partial charge in [0, 0.05) is 18.0 Å². The summed E-state index contributed by atoms with van der Waals surface area (Å²) in [6, 6.07) is 17.5. The molecule has 1 fully saturated rings. The van der Waals surface area contributed by atoms with E-state index in [0.717, 1.165) is 35.5 Å². The first-order valence-electron chi connectivity index (χ1n) is 10.1. The maximum Gasteiger partial charge on any atom is 0.276 e. The van der Waals surface area contributed by atoms with Gasteiger partial charge >= 0.3 is 0 Å². The fourth-order valence-corrected chi connectivity index (χ4v) is 3.62. The van der Waals surface area contributed by atoms with Crippen LogP contribution in [0.25, 0.3) is 11.5 Å². The lowest BCUT2D eigenvalue weighted by atomic mass is 10.1. The van der Waals surface area contributed by atoms with Crippen molar-refractivity contribution in [2.24, 2.45) is 0 Å². The molecule has 29 heavy (non-hydrogen) atoms. The first kappa shape index (κ1) is 19.2. The van der Waals surface area contributed by atoms with Crippen LogP contribution in [0.5, 0.6) is 5.75 Å². The summed E-state index contributed by atoms with van der Waals surface area (Å²) in [7, 11) is 1.65. The van der Waals surface area contributed by atoms with Gasteiger partial charge in [0.15, 0.2) is 5.69 Å². The molecule has 1 saturated carbocycles. The molecule has 0 spiro atoms. The molecule has 150 valence electrons. The predicted octanol–water partition coefficient (Wildman–Crippen LogP) is 5.45. The van der Waals surface area contributed by atoms with Gasteiger partial charge in [-0.05, 0) is 56.5 Å². The summed E-state index contributed by atoms with van der Waals surface area (Å²) in [5.74, 6) is 2.23. The first-order valence-corrected chi connectivity index (χ1v) is 10.1. The highest BCUT2D eigenvalue weighted by atomic mass is 16.5. The van der Waals surface area contributed by atoms with Gasteiger partial charge in [-0.2, -0.15) is 0 Å². The largest absolute Gasteiger partial charge is 0.497 e. The molecular formula is C24H26N2O3. The Morgan fingerprint density at radius 1 is 1.21 bits per heavy atom. The first-order chi connectivity index (χ1) is 14.1. The topological polar surface area (TPSA) is 55.6 Å². The van der Waals surface area contributed by atoms with Crippen molar-refractivity contribution in [2.75, 3.05) is 13.7 Å². The summed E-state index contributed by atoms with van der Waals surface area (Å²) in [6.45, 7) is 4.60. The quantitative estimate of drug-likeness (QED) is 0.538.